The van der Waals surface area contributed by atoms with Crippen molar-refractivity contribution in [2.45, 2.75) is 21.4 Å². The van der Waals surface area contributed by atoms with Crippen LogP contribution in [-0.2, 0) is 4.74 Å². The van der Waals surface area contributed by atoms with E-state index in [1.807, 2.05) is 4.90 Å². The van der Waals surface area contributed by atoms with E-state index in [0.29, 0.717) is 23.4 Å². The minimum absolute atomic E-state index is 0.0197. The Hall–Kier alpha value is -3.24. The van der Waals surface area contributed by atoms with Crippen molar-refractivity contribution in [1.82, 2.24) is 15.4 Å². The molecule has 2 heterocycles. The minimum atomic E-state index is -0.650. The zero-order valence-corrected chi connectivity index (χ0v) is 25.9. The highest BCUT2D eigenvalue weighted by atomic mass is 19.1. The predicted octanol–water partition coefficient (Wildman–Crippen LogP) is -5.77. The molecule has 0 radical (unpaired) electrons. The molecule has 0 spiro atoms. The molecule has 1 aliphatic heterocycles. The Labute approximate surface area is 253 Å². The summed E-state index contributed by atoms with van der Waals surface area (Å²) in [5, 5.41) is 14.8. The first-order valence-corrected chi connectivity index (χ1v) is 14.0. The van der Waals surface area contributed by atoms with Crippen LogP contribution in [0.5, 0.6) is 5.75 Å². The molecule has 1 saturated heterocycles. The third-order valence-corrected chi connectivity index (χ3v) is 9.11. The van der Waals surface area contributed by atoms with Crippen LogP contribution in [0, 0.1) is 11.2 Å². The van der Waals surface area contributed by atoms with Crippen LogP contribution < -0.4 is 15.8 Å². The number of methoxy groups -OCH3 is 1. The molecule has 1 aliphatic rings. The van der Waals surface area contributed by atoms with Crippen LogP contribution in [0.4, 0.5) is 10.1 Å². The van der Waals surface area contributed by atoms with E-state index in [1.165, 1.54) is 13.2 Å². The number of benzene rings is 2. The van der Waals surface area contributed by atoms with Crippen molar-refractivity contribution in [1.29, 1.82) is 5.41 Å². The highest BCUT2D eigenvalue weighted by Crippen LogP contribution is 2.37. The molecule has 3 aromatic rings. The largest absolute Gasteiger partial charge is 0.488 e. The van der Waals surface area contributed by atoms with Crippen LogP contribution in [0.1, 0.15) is 21.7 Å². The van der Waals surface area contributed by atoms with Crippen LogP contribution >= 0.6 is 0 Å². The van der Waals surface area contributed by atoms with E-state index in [-0.39, 0.29) is 51.7 Å². The lowest BCUT2D eigenvalue weighted by molar-refractivity contribution is 0.0461. The van der Waals surface area contributed by atoms with Gasteiger partial charge in [-0.15, -0.1) is 0 Å². The summed E-state index contributed by atoms with van der Waals surface area (Å²) in [7, 11) is 18.4. The molecule has 0 aliphatic carbocycles. The number of nitrogen functional groups attached to an aromatic ring is 1. The highest BCUT2D eigenvalue weighted by molar-refractivity contribution is 6.61. The third kappa shape index (κ3) is 5.46. The smallest absolute Gasteiger partial charge is 0.252 e. The Morgan fingerprint density at radius 1 is 1.02 bits per heavy atom. The zero-order valence-electron chi connectivity index (χ0n) is 25.9. The van der Waals surface area contributed by atoms with Crippen LogP contribution in [0.25, 0.3) is 11.3 Å². The van der Waals surface area contributed by atoms with Crippen LogP contribution in [0.3, 0.4) is 0 Å². The fourth-order valence-corrected chi connectivity index (χ4v) is 5.56. The van der Waals surface area contributed by atoms with Gasteiger partial charge < -0.3 is 29.9 Å². The molecule has 0 saturated carbocycles. The number of aromatic nitrogens is 1. The van der Waals surface area contributed by atoms with E-state index in [1.54, 1.807) is 30.3 Å². The maximum Gasteiger partial charge on any atom is 0.252 e. The molecule has 1 fully saturated rings. The van der Waals surface area contributed by atoms with Gasteiger partial charge in [-0.05, 0) is 39.5 Å². The first-order valence-electron chi connectivity index (χ1n) is 14.0. The average molecular weight is 562 g/mol. The number of halogens is 1. The molecule has 42 heavy (non-hydrogen) atoms. The number of hydrogen-bond donors (Lipinski definition) is 3. The van der Waals surface area contributed by atoms with E-state index in [9.17, 15) is 9.18 Å². The van der Waals surface area contributed by atoms with Crippen LogP contribution in [0.15, 0.2) is 47.0 Å². The molecule has 9 nitrogen and oxygen atoms in total. The summed E-state index contributed by atoms with van der Waals surface area (Å²) < 4.78 is 30.3. The molecule has 0 unspecified atom stereocenters. The van der Waals surface area contributed by atoms with Gasteiger partial charge in [-0.25, -0.2) is 4.39 Å². The van der Waals surface area contributed by atoms with E-state index in [0.717, 1.165) is 6.07 Å². The lowest BCUT2D eigenvalue weighted by Crippen LogP contribution is -2.92. The highest BCUT2D eigenvalue weighted by Gasteiger charge is 2.58. The number of amides is 1. The van der Waals surface area contributed by atoms with Gasteiger partial charge in [0.05, 0.1) is 6.61 Å². The summed E-state index contributed by atoms with van der Waals surface area (Å²) in [6, 6.07) is 11.2. The van der Waals surface area contributed by atoms with Crippen LogP contribution in [-0.4, -0.2) is 126 Å². The summed E-state index contributed by atoms with van der Waals surface area (Å²) in [5.74, 6) is -0.608. The van der Waals surface area contributed by atoms with Crippen molar-refractivity contribution >= 4 is 80.1 Å². The third-order valence-electron chi connectivity index (χ3n) is 9.11. The summed E-state index contributed by atoms with van der Waals surface area (Å²) in [6.45, 7) is 0.467. The number of hydrogen-bond acceptors (Lipinski definition) is 8. The van der Waals surface area contributed by atoms with Crippen molar-refractivity contribution < 1.29 is 23.2 Å². The minimum Gasteiger partial charge on any atom is -0.488 e. The number of piperazine rings is 1. The van der Waals surface area contributed by atoms with Crippen molar-refractivity contribution in [3.05, 3.63) is 65.2 Å². The molecule has 1 amide bonds. The number of nitrogens with zero attached hydrogens (tertiary/aromatic N) is 2. The maximum absolute atomic E-state index is 14.6. The molecule has 0 bridgehead atoms. The van der Waals surface area contributed by atoms with Crippen molar-refractivity contribution in [3.63, 3.8) is 0 Å². The molecule has 2 aromatic carbocycles. The standard InChI is InChI=1S/C24H34B8FN5O4/c1-40-6-7-41-17-9-15(34)13(8-14(17)33)19(35)18-10-16(36-42-18)11-2-4-12(5-3-11)20(39)38-23(29,30)21(25,26)37-22(27,28)24(38,31)32/h2-5,8-10,35,37H,6-7,25-32,34H2,1H3. The normalized spacial score (nSPS) is 18.3. The first-order chi connectivity index (χ1) is 19.4. The van der Waals surface area contributed by atoms with Gasteiger partial charge in [-0.1, -0.05) is 17.3 Å². The second-order valence-electron chi connectivity index (χ2n) is 12.9. The molecular weight excluding hydrogens is 528 g/mol. The number of nitrogens with one attached hydrogen (secondary N) is 2. The van der Waals surface area contributed by atoms with Crippen molar-refractivity contribution in [2.24, 2.45) is 0 Å². The molecule has 0 atom stereocenters. The number of carbonyl (C=O) groups excluding carboxylic acids is 1. The Bertz CT molecular complexity index is 1490. The molecule has 210 valence electrons. The van der Waals surface area contributed by atoms with E-state index in [4.69, 9.17) is 25.1 Å². The van der Waals surface area contributed by atoms with Gasteiger partial charge in [0.15, 0.2) is 17.3 Å². The second kappa shape index (κ2) is 11.1. The number of anilines is 1. The van der Waals surface area contributed by atoms with Gasteiger partial charge in [-0.2, -0.15) is 0 Å². The Morgan fingerprint density at radius 2 is 1.62 bits per heavy atom. The summed E-state index contributed by atoms with van der Waals surface area (Å²) in [4.78, 5) is 16.0. The fraction of sp³-hybridized carbons (Fsp3) is 0.292. The first kappa shape index (κ1) is 31.7. The van der Waals surface area contributed by atoms with Gasteiger partial charge in [-0.3, -0.25) is 10.2 Å². The van der Waals surface area contributed by atoms with E-state index >= 15 is 0 Å². The number of ether oxygens (including phenoxy) is 2. The number of nitrogens with two attached hydrogens (primary N) is 1. The summed E-state index contributed by atoms with van der Waals surface area (Å²) in [6.07, 6.45) is 0. The molecule has 1 aromatic heterocycles. The van der Waals surface area contributed by atoms with Crippen LogP contribution in [0.2, 0.25) is 0 Å². The van der Waals surface area contributed by atoms with Gasteiger partial charge in [0, 0.05) is 41.6 Å². The van der Waals surface area contributed by atoms with E-state index in [2.05, 4.69) is 73.2 Å². The molecule has 4 rings (SSSR count). The van der Waals surface area contributed by atoms with Gasteiger partial charge >= 0.3 is 0 Å². The van der Waals surface area contributed by atoms with Gasteiger partial charge in [0.25, 0.3) is 5.91 Å². The molecule has 18 heteroatoms. The van der Waals surface area contributed by atoms with Gasteiger partial charge in [0.1, 0.15) is 80.8 Å². The SMILES string of the molecule is BC1(B)NC(B)(B)C(B)(B)N(C(=O)c2ccc(-c3cc(C(=N)c4cc(F)c(OCCOC)cc4N)on3)cc2)C1(B)B. The zero-order chi connectivity index (χ0) is 31.3. The fourth-order valence-electron chi connectivity index (χ4n) is 5.56. The Balaban J connectivity index is 1.57. The molecular formula is C24H34B8FN5O4. The topological polar surface area (TPSA) is 127 Å². The average Bonchev–Trinajstić information content (AvgIpc) is 3.39. The summed E-state index contributed by atoms with van der Waals surface area (Å²) in [5.41, 5.74) is 8.04. The predicted molar refractivity (Wildman–Crippen MR) is 185 cm³/mol. The second-order valence-corrected chi connectivity index (χ2v) is 12.9. The number of carbonyl (C=O) groups is 1. The lowest BCUT2D eigenvalue weighted by Gasteiger charge is -2.69. The monoisotopic (exact) mass is 563 g/mol. The Kier molecular flexibility index (Phi) is 8.38. The van der Waals surface area contributed by atoms with Crippen molar-refractivity contribution in [2.75, 3.05) is 26.1 Å². The molecule has 4 N–H and O–H groups in total. The quantitative estimate of drug-likeness (QED) is 0.108. The Morgan fingerprint density at radius 3 is 2.19 bits per heavy atom. The maximum atomic E-state index is 14.6. The lowest BCUT2D eigenvalue weighted by atomic mass is 9.27. The van der Waals surface area contributed by atoms with Gasteiger partial charge in [0.2, 0.25) is 0 Å². The van der Waals surface area contributed by atoms with E-state index < -0.39 is 16.5 Å². The van der Waals surface area contributed by atoms with Crippen molar-refractivity contribution in [3.8, 4) is 17.0 Å². The summed E-state index contributed by atoms with van der Waals surface area (Å²) >= 11 is 0. The number of rotatable bonds is 8.